The van der Waals surface area contributed by atoms with Crippen LogP contribution in [0.2, 0.25) is 0 Å². The predicted octanol–water partition coefficient (Wildman–Crippen LogP) is 2.73. The maximum atomic E-state index is 14.6. The maximum Gasteiger partial charge on any atom is 0.318 e. The van der Waals surface area contributed by atoms with E-state index < -0.39 is 53.8 Å². The van der Waals surface area contributed by atoms with Gasteiger partial charge in [-0.25, -0.2) is 13.6 Å². The van der Waals surface area contributed by atoms with Gasteiger partial charge >= 0.3 is 6.03 Å². The quantitative estimate of drug-likeness (QED) is 0.429. The zero-order valence-corrected chi connectivity index (χ0v) is 23.6. The molecule has 4 amide bonds. The minimum atomic E-state index is -0.849. The highest BCUT2D eigenvalue weighted by Gasteiger charge is 2.41. The summed E-state index contributed by atoms with van der Waals surface area (Å²) in [4.78, 5) is 41.2. The number of rotatable bonds is 2. The third kappa shape index (κ3) is 6.65. The van der Waals surface area contributed by atoms with Gasteiger partial charge in [-0.2, -0.15) is 0 Å². The van der Waals surface area contributed by atoms with Gasteiger partial charge in [-0.3, -0.25) is 9.59 Å². The number of benzene rings is 2. The number of ether oxygens (including phenoxy) is 2. The Morgan fingerprint density at radius 3 is 2.64 bits per heavy atom. The molecule has 5 rings (SSSR count). The molecule has 0 aromatic heterocycles. The van der Waals surface area contributed by atoms with Gasteiger partial charge in [0.1, 0.15) is 29.5 Å². The SMILES string of the molecule is CC(C)NC(=O)N1C[C@@H]2C[C@H]1C(=O)NC[C@H]1O[C@H](CCOc3cc(-c4ccc(F)cc4F)ccc3C(=O)N2)CC[C@@H]1O. The first kappa shape index (κ1) is 29.7. The van der Waals surface area contributed by atoms with Crippen LogP contribution in [0.4, 0.5) is 13.6 Å². The van der Waals surface area contributed by atoms with Gasteiger partial charge in [0.25, 0.3) is 5.91 Å². The Morgan fingerprint density at radius 1 is 1.10 bits per heavy atom. The van der Waals surface area contributed by atoms with Crippen molar-refractivity contribution in [2.75, 3.05) is 19.7 Å². The molecule has 2 saturated heterocycles. The van der Waals surface area contributed by atoms with Crippen LogP contribution in [0, 0.1) is 11.6 Å². The van der Waals surface area contributed by atoms with Crippen molar-refractivity contribution < 1.29 is 37.7 Å². The molecule has 5 atom stereocenters. The number of halogens is 2. The standard InChI is InChI=1S/C30H36F2N4O6/c1-16(2)34-30(40)36-15-19-13-24(36)29(39)33-14-27-25(37)8-5-20(42-27)9-10-41-26-11-17(3-6-22(26)28(38)35-19)21-7-4-18(31)12-23(21)32/h3-4,6-7,11-12,16,19-20,24-25,27,37H,5,8-10,13-15H2,1-2H3,(H,33,39)(H,34,40)(H,35,38)/t19-,20-,24-,25-,27+/m0/s1. The minimum Gasteiger partial charge on any atom is -0.493 e. The van der Waals surface area contributed by atoms with E-state index in [4.69, 9.17) is 9.47 Å². The maximum absolute atomic E-state index is 14.6. The van der Waals surface area contributed by atoms with Crippen LogP contribution in [0.3, 0.4) is 0 Å². The summed E-state index contributed by atoms with van der Waals surface area (Å²) in [5.74, 6) is -2.12. The van der Waals surface area contributed by atoms with E-state index in [-0.39, 0.29) is 55.1 Å². The van der Waals surface area contributed by atoms with E-state index in [1.165, 1.54) is 23.1 Å². The molecule has 3 aliphatic rings. The average molecular weight is 587 g/mol. The number of nitrogens with zero attached hydrogens (tertiary/aromatic N) is 1. The summed E-state index contributed by atoms with van der Waals surface area (Å²) in [5.41, 5.74) is 0.747. The first-order chi connectivity index (χ1) is 20.1. The normalized spacial score (nSPS) is 26.6. The highest BCUT2D eigenvalue weighted by Crippen LogP contribution is 2.31. The molecule has 2 fully saturated rings. The Balaban J connectivity index is 1.46. The largest absolute Gasteiger partial charge is 0.493 e. The van der Waals surface area contributed by atoms with Gasteiger partial charge in [0.2, 0.25) is 5.91 Å². The van der Waals surface area contributed by atoms with Gasteiger partial charge in [0.15, 0.2) is 0 Å². The molecular weight excluding hydrogens is 550 g/mol. The number of hydrogen-bond donors (Lipinski definition) is 4. The summed E-state index contributed by atoms with van der Waals surface area (Å²) in [7, 11) is 0. The predicted molar refractivity (Wildman–Crippen MR) is 149 cm³/mol. The van der Waals surface area contributed by atoms with Gasteiger partial charge in [-0.15, -0.1) is 0 Å². The van der Waals surface area contributed by atoms with Crippen molar-refractivity contribution in [3.63, 3.8) is 0 Å². The summed E-state index contributed by atoms with van der Waals surface area (Å²) in [6.45, 7) is 3.96. The fraction of sp³-hybridized carbons (Fsp3) is 0.500. The Morgan fingerprint density at radius 2 is 1.88 bits per heavy atom. The Labute approximate surface area is 242 Å². The van der Waals surface area contributed by atoms with Crippen LogP contribution in [0.15, 0.2) is 36.4 Å². The van der Waals surface area contributed by atoms with Crippen LogP contribution in [-0.2, 0) is 9.53 Å². The number of nitrogens with one attached hydrogen (secondary N) is 3. The molecule has 0 unspecified atom stereocenters. The van der Waals surface area contributed by atoms with E-state index >= 15 is 0 Å². The highest BCUT2D eigenvalue weighted by atomic mass is 19.1. The first-order valence-electron chi connectivity index (χ1n) is 14.3. The molecule has 4 bridgehead atoms. The topological polar surface area (TPSA) is 129 Å². The molecule has 226 valence electrons. The van der Waals surface area contributed by atoms with E-state index in [1.54, 1.807) is 6.07 Å². The molecule has 42 heavy (non-hydrogen) atoms. The van der Waals surface area contributed by atoms with E-state index in [1.807, 2.05) is 13.8 Å². The van der Waals surface area contributed by atoms with Crippen LogP contribution >= 0.6 is 0 Å². The zero-order chi connectivity index (χ0) is 30.0. The smallest absolute Gasteiger partial charge is 0.318 e. The van der Waals surface area contributed by atoms with Crippen molar-refractivity contribution >= 4 is 17.8 Å². The first-order valence-corrected chi connectivity index (χ1v) is 14.3. The van der Waals surface area contributed by atoms with Gasteiger partial charge in [0.05, 0.1) is 24.4 Å². The summed E-state index contributed by atoms with van der Waals surface area (Å²) in [6.07, 6.45) is 0.0317. The highest BCUT2D eigenvalue weighted by molar-refractivity contribution is 5.98. The van der Waals surface area contributed by atoms with Crippen molar-refractivity contribution in [3.05, 3.63) is 53.6 Å². The Hall–Kier alpha value is -3.77. The number of carbonyl (C=O) groups is 3. The summed E-state index contributed by atoms with van der Waals surface area (Å²) >= 11 is 0. The second-order valence-corrected chi connectivity index (χ2v) is 11.3. The van der Waals surface area contributed by atoms with Gasteiger partial charge < -0.3 is 35.4 Å². The third-order valence-electron chi connectivity index (χ3n) is 7.84. The number of carbonyl (C=O) groups excluding carboxylic acids is 3. The molecule has 10 nitrogen and oxygen atoms in total. The molecule has 12 heteroatoms. The van der Waals surface area contributed by atoms with Crippen molar-refractivity contribution in [1.82, 2.24) is 20.9 Å². The second kappa shape index (κ2) is 12.6. The molecule has 2 aromatic rings. The molecule has 3 aliphatic heterocycles. The number of likely N-dealkylation sites (tertiary alicyclic amines) is 1. The lowest BCUT2D eigenvalue weighted by molar-refractivity contribution is -0.133. The van der Waals surface area contributed by atoms with Crippen molar-refractivity contribution in [2.45, 2.75) is 76.0 Å². The lowest BCUT2D eigenvalue weighted by Gasteiger charge is -2.34. The molecule has 0 aliphatic carbocycles. The van der Waals surface area contributed by atoms with Crippen molar-refractivity contribution in [2.24, 2.45) is 0 Å². The van der Waals surface area contributed by atoms with Crippen LogP contribution in [0.25, 0.3) is 11.1 Å². The van der Waals surface area contributed by atoms with Crippen molar-refractivity contribution in [1.29, 1.82) is 0 Å². The van der Waals surface area contributed by atoms with E-state index in [9.17, 15) is 28.3 Å². The fourth-order valence-corrected chi connectivity index (χ4v) is 5.69. The fourth-order valence-electron chi connectivity index (χ4n) is 5.69. The lowest BCUT2D eigenvalue weighted by atomic mass is 9.99. The molecule has 0 radical (unpaired) electrons. The van der Waals surface area contributed by atoms with Crippen LogP contribution < -0.4 is 20.7 Å². The van der Waals surface area contributed by atoms with Gasteiger partial charge in [0, 0.05) is 43.2 Å². The number of fused-ring (bicyclic) bond motifs is 5. The number of amides is 4. The Bertz CT molecular complexity index is 1340. The number of aliphatic hydroxyl groups excluding tert-OH is 1. The van der Waals surface area contributed by atoms with E-state index in [2.05, 4.69) is 16.0 Å². The number of aliphatic hydroxyl groups is 1. The molecule has 0 saturated carbocycles. The monoisotopic (exact) mass is 586 g/mol. The third-order valence-corrected chi connectivity index (χ3v) is 7.84. The lowest BCUT2D eigenvalue weighted by Crippen LogP contribution is -2.53. The summed E-state index contributed by atoms with van der Waals surface area (Å²) < 4.78 is 40.2. The molecule has 3 heterocycles. The molecule has 0 spiro atoms. The van der Waals surface area contributed by atoms with Crippen molar-refractivity contribution in [3.8, 4) is 16.9 Å². The van der Waals surface area contributed by atoms with Gasteiger partial charge in [-0.05, 0) is 62.9 Å². The zero-order valence-electron chi connectivity index (χ0n) is 23.6. The molecular formula is C30H36F2N4O6. The van der Waals surface area contributed by atoms with E-state index in [0.717, 1.165) is 12.1 Å². The van der Waals surface area contributed by atoms with Crippen LogP contribution in [-0.4, -0.2) is 84.0 Å². The van der Waals surface area contributed by atoms with Crippen LogP contribution in [0.1, 0.15) is 49.9 Å². The van der Waals surface area contributed by atoms with Gasteiger partial charge in [-0.1, -0.05) is 6.07 Å². The Kier molecular flexibility index (Phi) is 8.93. The minimum absolute atomic E-state index is 0.0694. The average Bonchev–Trinajstić information content (AvgIpc) is 3.36. The molecule has 2 aromatic carbocycles. The summed E-state index contributed by atoms with van der Waals surface area (Å²) in [6, 6.07) is 5.90. The number of hydrogen-bond acceptors (Lipinski definition) is 6. The van der Waals surface area contributed by atoms with E-state index in [0.29, 0.717) is 24.8 Å². The second-order valence-electron chi connectivity index (χ2n) is 11.3. The summed E-state index contributed by atoms with van der Waals surface area (Å²) in [5, 5.41) is 19.1. The molecule has 4 N–H and O–H groups in total. The number of urea groups is 1. The van der Waals surface area contributed by atoms with Crippen LogP contribution in [0.5, 0.6) is 5.75 Å².